The van der Waals surface area contributed by atoms with E-state index in [1.165, 1.54) is 22.0 Å². The zero-order valence-electron chi connectivity index (χ0n) is 18.9. The lowest BCUT2D eigenvalue weighted by Crippen LogP contribution is -2.30. The second-order valence-electron chi connectivity index (χ2n) is 8.32. The molecule has 0 spiro atoms. The van der Waals surface area contributed by atoms with Crippen LogP contribution in [0.4, 0.5) is 0 Å². The molecular weight excluding hydrogens is 528 g/mol. The predicted octanol–water partition coefficient (Wildman–Crippen LogP) is 4.83. The molecule has 0 aliphatic heterocycles. The summed E-state index contributed by atoms with van der Waals surface area (Å²) in [5.74, 6) is 0.235. The first kappa shape index (κ1) is 23.4. The van der Waals surface area contributed by atoms with Crippen molar-refractivity contribution >= 4 is 49.6 Å². The smallest absolute Gasteiger partial charge is 0.262 e. The Hall–Kier alpha value is -3.30. The number of carbonyl (C=O) groups excluding carboxylic acids is 1. The van der Waals surface area contributed by atoms with Gasteiger partial charge in [-0.25, -0.2) is 10.4 Å². The summed E-state index contributed by atoms with van der Waals surface area (Å²) in [4.78, 5) is 32.0. The summed E-state index contributed by atoms with van der Waals surface area (Å²) in [5, 5.41) is 4.75. The zero-order chi connectivity index (χ0) is 24.2. The van der Waals surface area contributed by atoms with Crippen LogP contribution in [0.2, 0.25) is 0 Å². The van der Waals surface area contributed by atoms with Gasteiger partial charge in [-0.05, 0) is 55.0 Å². The minimum absolute atomic E-state index is 0.153. The van der Waals surface area contributed by atoms with Crippen molar-refractivity contribution in [3.63, 3.8) is 0 Å². The Bertz CT molecular complexity index is 1460. The van der Waals surface area contributed by atoms with Gasteiger partial charge in [0.05, 0.1) is 17.9 Å². The number of rotatable bonds is 7. The number of benzene rings is 2. The molecular formula is C26H23BrN4O3S. The Morgan fingerprint density at radius 3 is 2.89 bits per heavy atom. The number of aryl methyl sites for hydroxylation is 2. The number of hydrogen-bond donors (Lipinski definition) is 1. The minimum atomic E-state index is -0.407. The number of fused-ring (bicyclic) bond motifs is 3. The summed E-state index contributed by atoms with van der Waals surface area (Å²) >= 11 is 5.05. The number of hydrazone groups is 1. The summed E-state index contributed by atoms with van der Waals surface area (Å²) in [6, 6.07) is 15.5. The Kier molecular flexibility index (Phi) is 7.06. The first-order valence-corrected chi connectivity index (χ1v) is 13.0. The molecule has 9 heteroatoms. The lowest BCUT2D eigenvalue weighted by molar-refractivity contribution is -0.121. The highest BCUT2D eigenvalue weighted by Gasteiger charge is 2.20. The lowest BCUT2D eigenvalue weighted by Gasteiger charge is -2.10. The van der Waals surface area contributed by atoms with Crippen molar-refractivity contribution in [2.45, 2.75) is 38.8 Å². The molecule has 178 valence electrons. The molecule has 1 N–H and O–H groups in total. The monoisotopic (exact) mass is 550 g/mol. The third kappa shape index (κ3) is 5.36. The molecule has 7 nitrogen and oxygen atoms in total. The van der Waals surface area contributed by atoms with Crippen molar-refractivity contribution in [2.24, 2.45) is 5.10 Å². The van der Waals surface area contributed by atoms with Crippen molar-refractivity contribution in [1.82, 2.24) is 15.0 Å². The van der Waals surface area contributed by atoms with Gasteiger partial charge in [0.2, 0.25) is 0 Å². The lowest BCUT2D eigenvalue weighted by atomic mass is 9.97. The maximum atomic E-state index is 13.1. The topological polar surface area (TPSA) is 85.6 Å². The molecule has 1 amide bonds. The summed E-state index contributed by atoms with van der Waals surface area (Å²) in [6.45, 7) is 0.264. The highest BCUT2D eigenvalue weighted by molar-refractivity contribution is 9.10. The van der Waals surface area contributed by atoms with Gasteiger partial charge in [-0.2, -0.15) is 5.10 Å². The number of nitrogens with one attached hydrogen (secondary N) is 1. The summed E-state index contributed by atoms with van der Waals surface area (Å²) in [6.07, 6.45) is 7.09. The van der Waals surface area contributed by atoms with E-state index in [4.69, 9.17) is 4.74 Å². The van der Waals surface area contributed by atoms with Crippen molar-refractivity contribution in [3.8, 4) is 5.75 Å². The van der Waals surface area contributed by atoms with Gasteiger partial charge < -0.3 is 4.74 Å². The second-order valence-corrected chi connectivity index (χ2v) is 10.3. The van der Waals surface area contributed by atoms with Gasteiger partial charge in [0.1, 0.15) is 23.7 Å². The van der Waals surface area contributed by atoms with Crippen LogP contribution in [-0.2, 0) is 30.8 Å². The van der Waals surface area contributed by atoms with E-state index in [0.29, 0.717) is 23.3 Å². The van der Waals surface area contributed by atoms with Crippen LogP contribution >= 0.6 is 27.3 Å². The fourth-order valence-corrected chi connectivity index (χ4v) is 5.74. The first-order chi connectivity index (χ1) is 17.1. The summed E-state index contributed by atoms with van der Waals surface area (Å²) in [5.41, 5.74) is 5.21. The molecule has 5 rings (SSSR count). The molecule has 2 aromatic carbocycles. The fraction of sp³-hybridized carbons (Fsp3) is 0.231. The van der Waals surface area contributed by atoms with Crippen molar-refractivity contribution in [2.75, 3.05) is 0 Å². The third-order valence-electron chi connectivity index (χ3n) is 5.86. The van der Waals surface area contributed by atoms with E-state index >= 15 is 0 Å². The van der Waals surface area contributed by atoms with E-state index in [0.717, 1.165) is 46.1 Å². The Balaban J connectivity index is 1.27. The standard InChI is InChI=1S/C26H23BrN4O3S/c27-19-10-11-21(34-15-17-6-2-1-3-7-17)18(12-19)13-29-30-23(32)14-31-16-28-25-24(26(31)33)20-8-4-5-9-22(20)35-25/h1-3,6-7,10-13,16H,4-5,8-9,14-15H2,(H,30,32). The van der Waals surface area contributed by atoms with Crippen LogP contribution in [-0.4, -0.2) is 21.7 Å². The fourth-order valence-electron chi connectivity index (χ4n) is 4.14. The number of carbonyl (C=O) groups is 1. The van der Waals surface area contributed by atoms with Gasteiger partial charge >= 0.3 is 0 Å². The maximum absolute atomic E-state index is 13.1. The number of aromatic nitrogens is 2. The largest absolute Gasteiger partial charge is 0.488 e. The normalized spacial score (nSPS) is 13.2. The number of nitrogens with zero attached hydrogens (tertiary/aromatic N) is 3. The van der Waals surface area contributed by atoms with E-state index in [2.05, 4.69) is 31.4 Å². The molecule has 0 unspecified atom stereocenters. The molecule has 1 aliphatic rings. The van der Waals surface area contributed by atoms with Crippen molar-refractivity contribution < 1.29 is 9.53 Å². The van der Waals surface area contributed by atoms with Crippen LogP contribution in [0.25, 0.3) is 10.2 Å². The van der Waals surface area contributed by atoms with Gasteiger partial charge in [-0.3, -0.25) is 14.2 Å². The quantitative estimate of drug-likeness (QED) is 0.264. The van der Waals surface area contributed by atoms with E-state index in [1.807, 2.05) is 48.5 Å². The maximum Gasteiger partial charge on any atom is 0.262 e. The Morgan fingerprint density at radius 2 is 2.03 bits per heavy atom. The molecule has 0 saturated heterocycles. The summed E-state index contributed by atoms with van der Waals surface area (Å²) < 4.78 is 8.16. The molecule has 1 aliphatic carbocycles. The number of halogens is 1. The SMILES string of the molecule is O=C(Cn1cnc2sc3c(c2c1=O)CCCC3)NN=Cc1cc(Br)ccc1OCc1ccccc1. The molecule has 0 radical (unpaired) electrons. The summed E-state index contributed by atoms with van der Waals surface area (Å²) in [7, 11) is 0. The molecule has 0 bridgehead atoms. The molecule has 4 aromatic rings. The van der Waals surface area contributed by atoms with Crippen LogP contribution in [0.1, 0.15) is 34.4 Å². The van der Waals surface area contributed by atoms with Crippen LogP contribution in [0.3, 0.4) is 0 Å². The van der Waals surface area contributed by atoms with Crippen LogP contribution in [0.5, 0.6) is 5.75 Å². The van der Waals surface area contributed by atoms with Gasteiger partial charge in [-0.15, -0.1) is 11.3 Å². The number of ether oxygens (including phenoxy) is 1. The van der Waals surface area contributed by atoms with E-state index in [1.54, 1.807) is 11.3 Å². The predicted molar refractivity (Wildman–Crippen MR) is 141 cm³/mol. The van der Waals surface area contributed by atoms with Crippen molar-refractivity contribution in [1.29, 1.82) is 0 Å². The van der Waals surface area contributed by atoms with Gasteiger partial charge in [-0.1, -0.05) is 46.3 Å². The number of thiophene rings is 1. The van der Waals surface area contributed by atoms with Gasteiger partial charge in [0, 0.05) is 14.9 Å². The van der Waals surface area contributed by atoms with Crippen molar-refractivity contribution in [3.05, 3.63) is 91.3 Å². The average Bonchev–Trinajstić information content (AvgIpc) is 3.25. The molecule has 2 aromatic heterocycles. The minimum Gasteiger partial charge on any atom is -0.488 e. The average molecular weight is 551 g/mol. The van der Waals surface area contributed by atoms with Crippen LogP contribution < -0.4 is 15.7 Å². The third-order valence-corrected chi connectivity index (χ3v) is 7.55. The molecule has 35 heavy (non-hydrogen) atoms. The van der Waals surface area contributed by atoms with E-state index in [-0.39, 0.29) is 12.1 Å². The van der Waals surface area contributed by atoms with Crippen LogP contribution in [0, 0.1) is 0 Å². The second kappa shape index (κ2) is 10.5. The van der Waals surface area contributed by atoms with Crippen LogP contribution in [0.15, 0.2) is 69.2 Å². The van der Waals surface area contributed by atoms with E-state index < -0.39 is 5.91 Å². The zero-order valence-corrected chi connectivity index (χ0v) is 21.3. The first-order valence-electron chi connectivity index (χ1n) is 11.4. The Morgan fingerprint density at radius 1 is 1.20 bits per heavy atom. The number of hydrogen-bond acceptors (Lipinski definition) is 6. The highest BCUT2D eigenvalue weighted by Crippen LogP contribution is 2.33. The Labute approximate surface area is 214 Å². The molecule has 0 fully saturated rings. The number of amides is 1. The molecule has 0 atom stereocenters. The molecule has 0 saturated carbocycles. The highest BCUT2D eigenvalue weighted by atomic mass is 79.9. The molecule has 2 heterocycles. The van der Waals surface area contributed by atoms with Gasteiger partial charge in [0.15, 0.2) is 0 Å². The van der Waals surface area contributed by atoms with E-state index in [9.17, 15) is 9.59 Å². The van der Waals surface area contributed by atoms with Gasteiger partial charge in [0.25, 0.3) is 11.5 Å².